The molecular weight excluding hydrogens is 353 g/mol. The van der Waals surface area contributed by atoms with E-state index in [1.165, 1.54) is 0 Å². The third-order valence-corrected chi connectivity index (χ3v) is 7.26. The fraction of sp³-hybridized carbons (Fsp3) is 0.174. The fourth-order valence-corrected chi connectivity index (χ4v) is 5.65. The number of benzene rings is 3. The number of hydrogen-bond acceptors (Lipinski definition) is 2. The minimum atomic E-state index is -3.18. The summed E-state index contributed by atoms with van der Waals surface area (Å²) in [5.74, 6) is -0.0591. The van der Waals surface area contributed by atoms with E-state index in [2.05, 4.69) is 5.09 Å². The van der Waals surface area contributed by atoms with Gasteiger partial charge in [0.2, 0.25) is 7.29 Å². The van der Waals surface area contributed by atoms with Gasteiger partial charge in [-0.05, 0) is 30.2 Å². The van der Waals surface area contributed by atoms with Gasteiger partial charge in [0.1, 0.15) is 0 Å². The Balaban J connectivity index is 2.05. The molecular formula is C23H24NO2P. The molecule has 1 atom stereocenters. The zero-order valence-corrected chi connectivity index (χ0v) is 16.5. The maximum absolute atomic E-state index is 14.2. The summed E-state index contributed by atoms with van der Waals surface area (Å²) >= 11 is 0. The lowest BCUT2D eigenvalue weighted by atomic mass is 9.96. The third-order valence-electron chi connectivity index (χ3n) is 4.57. The Morgan fingerprint density at radius 2 is 1.15 bits per heavy atom. The van der Waals surface area contributed by atoms with E-state index in [1.807, 2.05) is 92.7 Å². The summed E-state index contributed by atoms with van der Waals surface area (Å²) in [5, 5.41) is 4.66. The van der Waals surface area contributed by atoms with Gasteiger partial charge in [0, 0.05) is 16.2 Å². The van der Waals surface area contributed by atoms with Gasteiger partial charge in [-0.15, -0.1) is 0 Å². The predicted molar refractivity (Wildman–Crippen MR) is 112 cm³/mol. The third kappa shape index (κ3) is 4.27. The number of hydrogen-bond donors (Lipinski definition) is 1. The second-order valence-corrected chi connectivity index (χ2v) is 9.37. The van der Waals surface area contributed by atoms with Gasteiger partial charge in [0.25, 0.3) is 0 Å². The molecule has 0 unspecified atom stereocenters. The smallest absolute Gasteiger partial charge is 0.205 e. The molecule has 0 fully saturated rings. The van der Waals surface area contributed by atoms with Gasteiger partial charge in [0.15, 0.2) is 5.78 Å². The first kappa shape index (κ1) is 19.3. The second kappa shape index (κ2) is 8.47. The highest BCUT2D eigenvalue weighted by atomic mass is 31.2. The minimum absolute atomic E-state index is 0.0153. The van der Waals surface area contributed by atoms with Crippen LogP contribution in [0.1, 0.15) is 24.2 Å². The van der Waals surface area contributed by atoms with Crippen LogP contribution in [0.2, 0.25) is 0 Å². The van der Waals surface area contributed by atoms with Crippen molar-refractivity contribution in [3.8, 4) is 0 Å². The Labute approximate surface area is 160 Å². The van der Waals surface area contributed by atoms with E-state index in [0.717, 1.165) is 0 Å². The van der Waals surface area contributed by atoms with Crippen LogP contribution in [-0.4, -0.2) is 11.8 Å². The Hall–Kier alpha value is -2.48. The van der Waals surface area contributed by atoms with Crippen LogP contribution in [0.4, 0.5) is 0 Å². The van der Waals surface area contributed by atoms with Crippen molar-refractivity contribution in [2.45, 2.75) is 19.9 Å². The summed E-state index contributed by atoms with van der Waals surface area (Å²) in [7, 11) is -3.18. The van der Waals surface area contributed by atoms with Crippen molar-refractivity contribution in [3.05, 3.63) is 96.6 Å². The first-order chi connectivity index (χ1) is 13.0. The molecule has 0 amide bonds. The average molecular weight is 377 g/mol. The molecule has 0 spiro atoms. The highest BCUT2D eigenvalue weighted by molar-refractivity contribution is 7.77. The molecule has 0 saturated carbocycles. The molecule has 0 aliphatic rings. The second-order valence-electron chi connectivity index (χ2n) is 6.86. The fourth-order valence-electron chi connectivity index (χ4n) is 3.06. The number of nitrogens with one attached hydrogen (secondary N) is 1. The largest absolute Gasteiger partial charge is 0.297 e. The van der Waals surface area contributed by atoms with Gasteiger partial charge in [0.05, 0.1) is 6.04 Å². The predicted octanol–water partition coefficient (Wildman–Crippen LogP) is 4.41. The molecule has 0 radical (unpaired) electrons. The van der Waals surface area contributed by atoms with Crippen molar-refractivity contribution < 1.29 is 9.36 Å². The molecule has 138 valence electrons. The number of carbonyl (C=O) groups is 1. The Morgan fingerprint density at radius 1 is 0.741 bits per heavy atom. The molecule has 0 saturated heterocycles. The zero-order chi connectivity index (χ0) is 19.3. The van der Waals surface area contributed by atoms with Crippen LogP contribution in [0.25, 0.3) is 0 Å². The summed E-state index contributed by atoms with van der Waals surface area (Å²) in [6, 6.07) is 27.3. The van der Waals surface area contributed by atoms with Crippen molar-refractivity contribution in [1.82, 2.24) is 5.09 Å². The molecule has 0 aliphatic heterocycles. The molecule has 0 heterocycles. The normalized spacial score (nSPS) is 12.7. The van der Waals surface area contributed by atoms with E-state index in [1.54, 1.807) is 12.1 Å². The van der Waals surface area contributed by atoms with Crippen LogP contribution in [-0.2, 0) is 4.57 Å². The Bertz CT molecular complexity index is 881. The first-order valence-electron chi connectivity index (χ1n) is 9.10. The van der Waals surface area contributed by atoms with Crippen molar-refractivity contribution in [2.75, 3.05) is 0 Å². The van der Waals surface area contributed by atoms with Gasteiger partial charge in [-0.25, -0.2) is 5.09 Å². The average Bonchev–Trinajstić information content (AvgIpc) is 2.73. The monoisotopic (exact) mass is 377 g/mol. The molecule has 3 nitrogen and oxygen atoms in total. The molecule has 1 N–H and O–H groups in total. The van der Waals surface area contributed by atoms with Gasteiger partial charge in [-0.1, -0.05) is 80.6 Å². The number of rotatable bonds is 7. The summed E-state index contributed by atoms with van der Waals surface area (Å²) in [6.45, 7) is 3.94. The van der Waals surface area contributed by atoms with Crippen LogP contribution in [0.5, 0.6) is 0 Å². The molecule has 0 aromatic heterocycles. The van der Waals surface area contributed by atoms with Crippen LogP contribution in [0.3, 0.4) is 0 Å². The van der Waals surface area contributed by atoms with E-state index in [4.69, 9.17) is 0 Å². The number of Topliss-reactive ketones (excluding diaryl/α,β-unsaturated/α-hetero) is 1. The minimum Gasteiger partial charge on any atom is -0.297 e. The lowest BCUT2D eigenvalue weighted by Gasteiger charge is -2.28. The van der Waals surface area contributed by atoms with E-state index in [-0.39, 0.29) is 11.7 Å². The highest BCUT2D eigenvalue weighted by Crippen LogP contribution is 2.40. The van der Waals surface area contributed by atoms with Gasteiger partial charge in [-0.2, -0.15) is 0 Å². The maximum atomic E-state index is 14.2. The number of carbonyl (C=O) groups excluding carboxylic acids is 1. The van der Waals surface area contributed by atoms with E-state index >= 15 is 0 Å². The number of ketones is 1. The molecule has 3 rings (SSSR count). The van der Waals surface area contributed by atoms with E-state index < -0.39 is 13.3 Å². The molecule has 0 aliphatic carbocycles. The topological polar surface area (TPSA) is 46.2 Å². The van der Waals surface area contributed by atoms with Crippen molar-refractivity contribution in [1.29, 1.82) is 0 Å². The van der Waals surface area contributed by atoms with Crippen molar-refractivity contribution in [3.63, 3.8) is 0 Å². The highest BCUT2D eigenvalue weighted by Gasteiger charge is 2.34. The quantitative estimate of drug-likeness (QED) is 0.490. The zero-order valence-electron chi connectivity index (χ0n) is 15.6. The van der Waals surface area contributed by atoms with Gasteiger partial charge >= 0.3 is 0 Å². The van der Waals surface area contributed by atoms with Gasteiger partial charge < -0.3 is 0 Å². The summed E-state index contributed by atoms with van der Waals surface area (Å²) < 4.78 is 14.2. The molecule has 3 aromatic carbocycles. The van der Waals surface area contributed by atoms with Crippen LogP contribution in [0, 0.1) is 5.92 Å². The molecule has 0 bridgehead atoms. The summed E-state index contributed by atoms with van der Waals surface area (Å²) in [5.41, 5.74) is 0.622. The lowest BCUT2D eigenvalue weighted by Crippen LogP contribution is -2.43. The Kier molecular flexibility index (Phi) is 6.05. The molecule has 27 heavy (non-hydrogen) atoms. The Morgan fingerprint density at radius 3 is 1.56 bits per heavy atom. The van der Waals surface area contributed by atoms with Crippen molar-refractivity contribution in [2.24, 2.45) is 5.92 Å². The summed E-state index contributed by atoms with van der Waals surface area (Å²) in [6.07, 6.45) is 0. The van der Waals surface area contributed by atoms with Crippen LogP contribution >= 0.6 is 7.29 Å². The maximum Gasteiger partial charge on any atom is 0.205 e. The molecule has 3 aromatic rings. The first-order valence-corrected chi connectivity index (χ1v) is 10.8. The SMILES string of the molecule is CC(C)[C@H](NP(=O)(c1ccccc1)c1ccccc1)C(=O)c1ccccc1. The van der Waals surface area contributed by atoms with Crippen LogP contribution in [0.15, 0.2) is 91.0 Å². The van der Waals surface area contributed by atoms with Crippen molar-refractivity contribution >= 4 is 23.7 Å². The van der Waals surface area contributed by atoms with Crippen LogP contribution < -0.4 is 15.7 Å². The van der Waals surface area contributed by atoms with Gasteiger partial charge in [-0.3, -0.25) is 9.36 Å². The molecule has 4 heteroatoms. The summed E-state index contributed by atoms with van der Waals surface area (Å²) in [4.78, 5) is 13.1. The standard InChI is InChI=1S/C23H24NO2P/c1-18(2)22(23(25)19-12-6-3-7-13-19)24-27(26,20-14-8-4-9-15-20)21-16-10-5-11-17-21/h3-18,22H,1-2H3,(H,24,26)/t22-/m0/s1. The van der Waals surface area contributed by atoms with E-state index in [9.17, 15) is 9.36 Å². The van der Waals surface area contributed by atoms with E-state index in [0.29, 0.717) is 16.2 Å². The lowest BCUT2D eigenvalue weighted by molar-refractivity contribution is 0.0931.